The van der Waals surface area contributed by atoms with Crippen LogP contribution in [0.2, 0.25) is 0 Å². The summed E-state index contributed by atoms with van der Waals surface area (Å²) in [4.78, 5) is 80.5. The quantitative estimate of drug-likeness (QED) is 0.0361. The lowest BCUT2D eigenvalue weighted by Gasteiger charge is -2.29. The summed E-state index contributed by atoms with van der Waals surface area (Å²) >= 11 is 0. The van der Waals surface area contributed by atoms with Gasteiger partial charge in [-0.25, -0.2) is 0 Å². The summed E-state index contributed by atoms with van der Waals surface area (Å²) < 4.78 is 0. The molecule has 0 bridgehead atoms. The van der Waals surface area contributed by atoms with Crippen LogP contribution < -0.4 is 38.5 Å². The van der Waals surface area contributed by atoms with Crippen LogP contribution in [0.5, 0.6) is 5.75 Å². The van der Waals surface area contributed by atoms with Crippen LogP contribution >= 0.6 is 0 Å². The fourth-order valence-corrected chi connectivity index (χ4v) is 4.19. The number of carboxylic acids is 1. The van der Waals surface area contributed by atoms with E-state index in [4.69, 9.17) is 17.2 Å². The molecule has 0 radical (unpaired) electrons. The molecule has 0 fully saturated rings. The number of phenols is 1. The third-order valence-electron chi connectivity index (χ3n) is 6.86. The number of aliphatic imine (C=N–C) groups is 1. The van der Waals surface area contributed by atoms with Gasteiger partial charge in [-0.3, -0.25) is 33.8 Å². The molecule has 1 aromatic carbocycles. The summed E-state index contributed by atoms with van der Waals surface area (Å²) in [6, 6.07) is 2.08. The lowest BCUT2D eigenvalue weighted by molar-refractivity contribution is -0.142. The largest absolute Gasteiger partial charge is 0.508 e. The van der Waals surface area contributed by atoms with Gasteiger partial charge in [0.25, 0.3) is 0 Å². The Kier molecular flexibility index (Phi) is 15.5. The van der Waals surface area contributed by atoms with Gasteiger partial charge in [-0.1, -0.05) is 32.9 Å². The molecule has 1 aromatic rings. The number of carbonyl (C=O) groups is 6. The molecule has 0 aliphatic carbocycles. The minimum atomic E-state index is -2.11. The van der Waals surface area contributed by atoms with Crippen molar-refractivity contribution in [2.75, 3.05) is 13.1 Å². The summed E-state index contributed by atoms with van der Waals surface area (Å²) in [6.45, 7) is 6.62. The zero-order valence-corrected chi connectivity index (χ0v) is 26.1. The van der Waals surface area contributed by atoms with Crippen molar-refractivity contribution < 1.29 is 39.0 Å². The smallest absolute Gasteiger partial charge is 0.305 e. The van der Waals surface area contributed by atoms with Gasteiger partial charge in [0.2, 0.25) is 23.6 Å². The van der Waals surface area contributed by atoms with Gasteiger partial charge in [0.1, 0.15) is 23.9 Å². The standard InChI is InChI=1S/C29H46N8O8/c1-5-12-33-24(42)20(14-18-7-9-19(39)10-8-18)35-26(44)23(16(2)3)37-25(43)21(15-22(40)41)36-27(45)29(32,17(4)38)11-6-13-34-28(30)31/h7-10,16,20-21,23,39H,5-6,11-15,32H2,1-4H3,(H,33,42)(H,35,44)(H,36,45)(H,37,43)(H,40,41)(H4,30,31,34)/t20-,21-,23-,29+/m0/s1. The number of aliphatic carboxylic acids is 1. The lowest BCUT2D eigenvalue weighted by atomic mass is 9.88. The monoisotopic (exact) mass is 634 g/mol. The van der Waals surface area contributed by atoms with Crippen molar-refractivity contribution in [1.82, 2.24) is 21.3 Å². The number of nitrogens with two attached hydrogens (primary N) is 3. The van der Waals surface area contributed by atoms with Crippen molar-refractivity contribution in [3.63, 3.8) is 0 Å². The summed E-state index contributed by atoms with van der Waals surface area (Å²) in [7, 11) is 0. The topological polar surface area (TPSA) is 281 Å². The average Bonchev–Trinajstić information content (AvgIpc) is 2.96. The Balaban J connectivity index is 3.18. The molecule has 4 amide bonds. The number of hydrogen-bond donors (Lipinski definition) is 9. The minimum Gasteiger partial charge on any atom is -0.508 e. The van der Waals surface area contributed by atoms with Gasteiger partial charge in [0.15, 0.2) is 17.3 Å². The highest BCUT2D eigenvalue weighted by atomic mass is 16.4. The molecule has 0 unspecified atom stereocenters. The van der Waals surface area contributed by atoms with Crippen LogP contribution in [0.1, 0.15) is 58.9 Å². The first kappa shape index (κ1) is 38.3. The number of rotatable bonds is 19. The molecule has 0 aliphatic rings. The van der Waals surface area contributed by atoms with E-state index in [-0.39, 0.29) is 37.5 Å². The van der Waals surface area contributed by atoms with E-state index in [1.54, 1.807) is 26.0 Å². The zero-order chi connectivity index (χ0) is 34.3. The molecule has 0 aromatic heterocycles. The van der Waals surface area contributed by atoms with Crippen LogP contribution in [-0.2, 0) is 35.2 Å². The predicted octanol–water partition coefficient (Wildman–Crippen LogP) is -1.61. The number of phenolic OH excluding ortho intramolecular Hbond substituents is 1. The number of aromatic hydroxyl groups is 1. The van der Waals surface area contributed by atoms with Gasteiger partial charge >= 0.3 is 5.97 Å². The fourth-order valence-electron chi connectivity index (χ4n) is 4.19. The molecule has 16 nitrogen and oxygen atoms in total. The van der Waals surface area contributed by atoms with Crippen molar-refractivity contribution >= 4 is 41.3 Å². The number of guanidine groups is 1. The molecule has 1 rings (SSSR count). The molecule has 45 heavy (non-hydrogen) atoms. The maximum absolute atomic E-state index is 13.4. The Labute approximate surface area is 261 Å². The number of carbonyl (C=O) groups excluding carboxylic acids is 5. The summed E-state index contributed by atoms with van der Waals surface area (Å²) in [6.07, 6.45) is -0.230. The van der Waals surface area contributed by atoms with Crippen LogP contribution in [0.25, 0.3) is 0 Å². The van der Waals surface area contributed by atoms with E-state index in [1.165, 1.54) is 12.1 Å². The summed E-state index contributed by atoms with van der Waals surface area (Å²) in [5.74, 6) is -6.19. The van der Waals surface area contributed by atoms with Crippen LogP contribution in [0.4, 0.5) is 0 Å². The molecular formula is C29H46N8O8. The Hall–Kier alpha value is -4.73. The van der Waals surface area contributed by atoms with E-state index in [9.17, 15) is 39.0 Å². The number of amides is 4. The van der Waals surface area contributed by atoms with Gasteiger partial charge in [-0.2, -0.15) is 0 Å². The Bertz CT molecular complexity index is 1230. The number of Topliss-reactive ketones (excluding diaryl/α,β-unsaturated/α-hetero) is 1. The number of nitrogens with one attached hydrogen (secondary N) is 4. The first-order valence-corrected chi connectivity index (χ1v) is 14.6. The minimum absolute atomic E-state index is 0.0292. The molecular weight excluding hydrogens is 588 g/mol. The van der Waals surface area contributed by atoms with Crippen LogP contribution in [0.15, 0.2) is 29.3 Å². The average molecular weight is 635 g/mol. The Morgan fingerprint density at radius 1 is 0.933 bits per heavy atom. The summed E-state index contributed by atoms with van der Waals surface area (Å²) in [5.41, 5.74) is 15.2. The molecule has 250 valence electrons. The van der Waals surface area contributed by atoms with Gasteiger partial charge < -0.3 is 48.7 Å². The SMILES string of the molecule is CCCNC(=O)[C@H](Cc1ccc(O)cc1)NC(=O)[C@@H](NC(=O)[C@H](CC(=O)O)NC(=O)[C@@](N)(CCCN=C(N)N)C(C)=O)C(C)C. The van der Waals surface area contributed by atoms with Gasteiger partial charge in [-0.05, 0) is 49.8 Å². The number of carboxylic acid groups (broad SMARTS) is 1. The van der Waals surface area contributed by atoms with Crippen molar-refractivity contribution in [2.45, 2.75) is 83.5 Å². The normalized spacial score (nSPS) is 14.2. The van der Waals surface area contributed by atoms with Crippen LogP contribution in [-0.4, -0.2) is 88.3 Å². The highest BCUT2D eigenvalue weighted by Crippen LogP contribution is 2.15. The van der Waals surface area contributed by atoms with E-state index in [2.05, 4.69) is 26.3 Å². The van der Waals surface area contributed by atoms with E-state index < -0.39 is 71.4 Å². The second-order valence-electron chi connectivity index (χ2n) is 11.0. The highest BCUT2D eigenvalue weighted by molar-refractivity contribution is 6.10. The van der Waals surface area contributed by atoms with E-state index in [0.717, 1.165) is 6.92 Å². The number of benzene rings is 1. The van der Waals surface area contributed by atoms with Crippen molar-refractivity contribution in [3.05, 3.63) is 29.8 Å². The van der Waals surface area contributed by atoms with Crippen molar-refractivity contribution in [3.8, 4) is 5.75 Å². The maximum atomic E-state index is 13.4. The molecule has 12 N–H and O–H groups in total. The zero-order valence-electron chi connectivity index (χ0n) is 26.1. The molecule has 0 saturated heterocycles. The van der Waals surface area contributed by atoms with Crippen molar-refractivity contribution in [2.24, 2.45) is 28.1 Å². The molecule has 0 aliphatic heterocycles. The highest BCUT2D eigenvalue weighted by Gasteiger charge is 2.41. The van der Waals surface area contributed by atoms with Crippen LogP contribution in [0, 0.1) is 5.92 Å². The number of nitrogens with zero attached hydrogens (tertiary/aromatic N) is 1. The Morgan fingerprint density at radius 3 is 2.07 bits per heavy atom. The third-order valence-corrected chi connectivity index (χ3v) is 6.86. The van der Waals surface area contributed by atoms with Crippen LogP contribution in [0.3, 0.4) is 0 Å². The third kappa shape index (κ3) is 12.8. The lowest BCUT2D eigenvalue weighted by Crippen LogP contribution is -2.64. The first-order chi connectivity index (χ1) is 21.0. The molecule has 0 saturated carbocycles. The number of ketones is 1. The molecule has 0 heterocycles. The first-order valence-electron chi connectivity index (χ1n) is 14.6. The Morgan fingerprint density at radius 2 is 1.56 bits per heavy atom. The second kappa shape index (κ2) is 18.2. The number of hydrogen-bond acceptors (Lipinski definition) is 9. The van der Waals surface area contributed by atoms with Gasteiger partial charge in [0, 0.05) is 19.5 Å². The molecule has 16 heteroatoms. The van der Waals surface area contributed by atoms with E-state index in [1.807, 2.05) is 6.92 Å². The van der Waals surface area contributed by atoms with Gasteiger partial charge in [-0.15, -0.1) is 0 Å². The van der Waals surface area contributed by atoms with E-state index in [0.29, 0.717) is 18.5 Å². The summed E-state index contributed by atoms with van der Waals surface area (Å²) in [5, 5.41) is 29.1. The predicted molar refractivity (Wildman–Crippen MR) is 166 cm³/mol. The fraction of sp³-hybridized carbons (Fsp3) is 0.552. The maximum Gasteiger partial charge on any atom is 0.305 e. The van der Waals surface area contributed by atoms with E-state index >= 15 is 0 Å². The molecule has 0 spiro atoms. The van der Waals surface area contributed by atoms with Gasteiger partial charge in [0.05, 0.1) is 6.42 Å². The second-order valence-corrected chi connectivity index (χ2v) is 11.0. The van der Waals surface area contributed by atoms with Crippen molar-refractivity contribution in [1.29, 1.82) is 0 Å². The molecule has 4 atom stereocenters.